The van der Waals surface area contributed by atoms with E-state index in [1.54, 1.807) is 6.26 Å². The van der Waals surface area contributed by atoms with Crippen LogP contribution in [0.4, 0.5) is 6.01 Å². The van der Waals surface area contributed by atoms with Crippen molar-refractivity contribution in [1.82, 2.24) is 4.98 Å². The van der Waals surface area contributed by atoms with Crippen molar-refractivity contribution in [2.45, 2.75) is 44.7 Å². The summed E-state index contributed by atoms with van der Waals surface area (Å²) in [6, 6.07) is 1.30. The summed E-state index contributed by atoms with van der Waals surface area (Å²) in [5.41, 5.74) is 6.33. The zero-order valence-electron chi connectivity index (χ0n) is 9.28. The van der Waals surface area contributed by atoms with Crippen molar-refractivity contribution in [2.24, 2.45) is 5.73 Å². The molecule has 15 heavy (non-hydrogen) atoms. The van der Waals surface area contributed by atoms with E-state index in [-0.39, 0.29) is 0 Å². The number of oxazole rings is 1. The second kappa shape index (κ2) is 4.66. The van der Waals surface area contributed by atoms with Gasteiger partial charge < -0.3 is 15.1 Å². The summed E-state index contributed by atoms with van der Waals surface area (Å²) in [5.74, 6) is 0. The molecule has 0 bridgehead atoms. The van der Waals surface area contributed by atoms with Crippen LogP contribution in [0.2, 0.25) is 0 Å². The summed E-state index contributed by atoms with van der Waals surface area (Å²) < 4.78 is 5.41. The standard InChI is InChI=1S/C11H19N3O/c1-14(10-5-3-2-4-6-10)11-13-9(7-12)8-15-11/h8,10H,2-7,12H2,1H3. The minimum absolute atomic E-state index is 0.446. The van der Waals surface area contributed by atoms with Crippen LogP contribution in [0.5, 0.6) is 0 Å². The van der Waals surface area contributed by atoms with E-state index in [2.05, 4.69) is 16.9 Å². The van der Waals surface area contributed by atoms with Gasteiger partial charge in [0.25, 0.3) is 6.01 Å². The smallest absolute Gasteiger partial charge is 0.297 e. The fourth-order valence-corrected chi connectivity index (χ4v) is 2.18. The normalized spacial score (nSPS) is 18.0. The van der Waals surface area contributed by atoms with Crippen LogP contribution in [-0.4, -0.2) is 18.1 Å². The van der Waals surface area contributed by atoms with E-state index in [0.717, 1.165) is 5.69 Å². The van der Waals surface area contributed by atoms with Crippen molar-refractivity contribution in [3.05, 3.63) is 12.0 Å². The third kappa shape index (κ3) is 2.31. The van der Waals surface area contributed by atoms with Gasteiger partial charge in [0.05, 0.1) is 5.69 Å². The van der Waals surface area contributed by atoms with Crippen molar-refractivity contribution in [2.75, 3.05) is 11.9 Å². The van der Waals surface area contributed by atoms with Crippen molar-refractivity contribution < 1.29 is 4.42 Å². The number of hydrogen-bond acceptors (Lipinski definition) is 4. The van der Waals surface area contributed by atoms with Gasteiger partial charge in [-0.2, -0.15) is 4.98 Å². The molecule has 0 amide bonds. The summed E-state index contributed by atoms with van der Waals surface area (Å²) in [6.45, 7) is 0.446. The van der Waals surface area contributed by atoms with E-state index in [0.29, 0.717) is 18.6 Å². The molecule has 0 saturated heterocycles. The van der Waals surface area contributed by atoms with Gasteiger partial charge in [0, 0.05) is 19.6 Å². The van der Waals surface area contributed by atoms with Crippen LogP contribution in [-0.2, 0) is 6.54 Å². The number of nitrogens with zero attached hydrogens (tertiary/aromatic N) is 2. The SMILES string of the molecule is CN(c1nc(CN)co1)C1CCCCC1. The highest BCUT2D eigenvalue weighted by molar-refractivity contribution is 5.27. The lowest BCUT2D eigenvalue weighted by atomic mass is 9.95. The highest BCUT2D eigenvalue weighted by Gasteiger charge is 2.21. The molecule has 2 rings (SSSR count). The molecule has 1 fully saturated rings. The van der Waals surface area contributed by atoms with Gasteiger partial charge in [0.15, 0.2) is 0 Å². The Labute approximate surface area is 90.5 Å². The Hall–Kier alpha value is -1.03. The molecule has 1 aliphatic carbocycles. The first kappa shape index (κ1) is 10.5. The molecule has 4 nitrogen and oxygen atoms in total. The minimum Gasteiger partial charge on any atom is -0.432 e. The molecular formula is C11H19N3O. The van der Waals surface area contributed by atoms with Gasteiger partial charge in [-0.15, -0.1) is 0 Å². The third-order valence-corrected chi connectivity index (χ3v) is 3.17. The molecule has 0 spiro atoms. The maximum atomic E-state index is 5.50. The maximum absolute atomic E-state index is 5.50. The number of hydrogen-bond donors (Lipinski definition) is 1. The van der Waals surface area contributed by atoms with Gasteiger partial charge in [-0.3, -0.25) is 0 Å². The number of nitrogens with two attached hydrogens (primary N) is 1. The van der Waals surface area contributed by atoms with Gasteiger partial charge in [-0.05, 0) is 12.8 Å². The summed E-state index contributed by atoms with van der Waals surface area (Å²) in [7, 11) is 2.06. The van der Waals surface area contributed by atoms with Crippen LogP contribution < -0.4 is 10.6 Å². The van der Waals surface area contributed by atoms with Gasteiger partial charge >= 0.3 is 0 Å². The Balaban J connectivity index is 2.02. The summed E-state index contributed by atoms with van der Waals surface area (Å²) in [5, 5.41) is 0. The molecule has 1 saturated carbocycles. The molecule has 1 aromatic rings. The van der Waals surface area contributed by atoms with Crippen molar-refractivity contribution in [3.8, 4) is 0 Å². The Morgan fingerprint density at radius 3 is 2.80 bits per heavy atom. The van der Waals surface area contributed by atoms with Crippen LogP contribution >= 0.6 is 0 Å². The molecule has 2 N–H and O–H groups in total. The average molecular weight is 209 g/mol. The molecule has 0 radical (unpaired) electrons. The van der Waals surface area contributed by atoms with Crippen molar-refractivity contribution >= 4 is 6.01 Å². The summed E-state index contributed by atoms with van der Waals surface area (Å²) in [4.78, 5) is 6.49. The largest absolute Gasteiger partial charge is 0.432 e. The topological polar surface area (TPSA) is 55.3 Å². The lowest BCUT2D eigenvalue weighted by Gasteiger charge is -2.29. The van der Waals surface area contributed by atoms with Crippen LogP contribution in [0.25, 0.3) is 0 Å². The Kier molecular flexibility index (Phi) is 3.26. The van der Waals surface area contributed by atoms with Gasteiger partial charge in [-0.1, -0.05) is 19.3 Å². The lowest BCUT2D eigenvalue weighted by Crippen LogP contribution is -2.33. The van der Waals surface area contributed by atoms with E-state index in [1.165, 1.54) is 32.1 Å². The van der Waals surface area contributed by atoms with Crippen LogP contribution in [0.3, 0.4) is 0 Å². The molecule has 0 aliphatic heterocycles. The van der Waals surface area contributed by atoms with Gasteiger partial charge in [0.2, 0.25) is 0 Å². The van der Waals surface area contributed by atoms with Gasteiger partial charge in [0.1, 0.15) is 6.26 Å². The second-order valence-electron chi connectivity index (χ2n) is 4.23. The molecular weight excluding hydrogens is 190 g/mol. The molecule has 84 valence electrons. The second-order valence-corrected chi connectivity index (χ2v) is 4.23. The van der Waals surface area contributed by atoms with E-state index in [9.17, 15) is 0 Å². The molecule has 0 atom stereocenters. The maximum Gasteiger partial charge on any atom is 0.297 e. The van der Waals surface area contributed by atoms with Gasteiger partial charge in [-0.25, -0.2) is 0 Å². The molecule has 0 aromatic carbocycles. The molecule has 1 heterocycles. The zero-order valence-corrected chi connectivity index (χ0v) is 9.28. The lowest BCUT2D eigenvalue weighted by molar-refractivity contribution is 0.405. The summed E-state index contributed by atoms with van der Waals surface area (Å²) >= 11 is 0. The highest BCUT2D eigenvalue weighted by Crippen LogP contribution is 2.25. The number of aromatic nitrogens is 1. The monoisotopic (exact) mass is 209 g/mol. The average Bonchev–Trinajstić information content (AvgIpc) is 2.78. The predicted molar refractivity (Wildman–Crippen MR) is 59.7 cm³/mol. The minimum atomic E-state index is 0.446. The first-order chi connectivity index (χ1) is 7.31. The number of rotatable bonds is 3. The fourth-order valence-electron chi connectivity index (χ4n) is 2.18. The molecule has 1 aliphatic rings. The quantitative estimate of drug-likeness (QED) is 0.826. The Bertz CT molecular complexity index is 305. The first-order valence-corrected chi connectivity index (χ1v) is 5.68. The fraction of sp³-hybridized carbons (Fsp3) is 0.727. The molecule has 0 unspecified atom stereocenters. The van der Waals surface area contributed by atoms with E-state index < -0.39 is 0 Å². The number of anilines is 1. The molecule has 1 aromatic heterocycles. The van der Waals surface area contributed by atoms with Crippen LogP contribution in [0, 0.1) is 0 Å². The Morgan fingerprint density at radius 2 is 2.20 bits per heavy atom. The highest BCUT2D eigenvalue weighted by atomic mass is 16.4. The van der Waals surface area contributed by atoms with Crippen LogP contribution in [0.15, 0.2) is 10.7 Å². The first-order valence-electron chi connectivity index (χ1n) is 5.68. The Morgan fingerprint density at radius 1 is 1.47 bits per heavy atom. The van der Waals surface area contributed by atoms with E-state index >= 15 is 0 Å². The van der Waals surface area contributed by atoms with E-state index in [1.807, 2.05) is 0 Å². The third-order valence-electron chi connectivity index (χ3n) is 3.17. The zero-order chi connectivity index (χ0) is 10.7. The molecule has 4 heteroatoms. The predicted octanol–water partition coefficient (Wildman–Crippen LogP) is 1.90. The van der Waals surface area contributed by atoms with E-state index in [4.69, 9.17) is 10.2 Å². The van der Waals surface area contributed by atoms with Crippen molar-refractivity contribution in [3.63, 3.8) is 0 Å². The van der Waals surface area contributed by atoms with Crippen LogP contribution in [0.1, 0.15) is 37.8 Å². The summed E-state index contributed by atoms with van der Waals surface area (Å²) in [6.07, 6.45) is 8.14. The van der Waals surface area contributed by atoms with Crippen molar-refractivity contribution in [1.29, 1.82) is 0 Å².